The molecular weight excluding hydrogens is 418 g/mol. The molecule has 3 heterocycles. The Morgan fingerprint density at radius 2 is 2.03 bits per heavy atom. The van der Waals surface area contributed by atoms with Crippen molar-refractivity contribution in [2.45, 2.75) is 42.2 Å². The summed E-state index contributed by atoms with van der Waals surface area (Å²) in [6.07, 6.45) is 2.33. The number of β-amino-alcohol motifs (C(OH)–C–C–N with tert-alkyl or cyclic N) is 1. The molecule has 2 unspecified atom stereocenters. The summed E-state index contributed by atoms with van der Waals surface area (Å²) >= 11 is 1.62. The average Bonchev–Trinajstić information content (AvgIpc) is 3.40. The van der Waals surface area contributed by atoms with Crippen LogP contribution >= 0.6 is 11.8 Å². The SMILES string of the molecule is CCCNC(=O)[C@@H]1[C@H]2C(=O)N(CCO)C(C(=O)Nc3ccc(OC)cc3)C23CC[C@H]1S3. The van der Waals surface area contributed by atoms with Gasteiger partial charge in [0.1, 0.15) is 11.8 Å². The van der Waals surface area contributed by atoms with Gasteiger partial charge in [-0.1, -0.05) is 6.92 Å². The number of ether oxygens (including phenoxy) is 1. The normalized spacial score (nSPS) is 30.9. The average molecular weight is 448 g/mol. The number of anilines is 1. The van der Waals surface area contributed by atoms with Crippen LogP contribution in [0, 0.1) is 11.8 Å². The largest absolute Gasteiger partial charge is 0.497 e. The minimum Gasteiger partial charge on any atom is -0.497 e. The Labute approximate surface area is 186 Å². The molecule has 9 heteroatoms. The first-order chi connectivity index (χ1) is 15.0. The van der Waals surface area contributed by atoms with Crippen LogP contribution < -0.4 is 15.4 Å². The van der Waals surface area contributed by atoms with Gasteiger partial charge in [-0.2, -0.15) is 0 Å². The summed E-state index contributed by atoms with van der Waals surface area (Å²) in [4.78, 5) is 41.3. The Morgan fingerprint density at radius 3 is 2.68 bits per heavy atom. The summed E-state index contributed by atoms with van der Waals surface area (Å²) in [7, 11) is 1.57. The van der Waals surface area contributed by atoms with Crippen molar-refractivity contribution < 1.29 is 24.2 Å². The molecule has 3 N–H and O–H groups in total. The van der Waals surface area contributed by atoms with E-state index >= 15 is 0 Å². The number of nitrogens with zero attached hydrogens (tertiary/aromatic N) is 1. The van der Waals surface area contributed by atoms with Crippen molar-refractivity contribution >= 4 is 35.2 Å². The molecule has 1 spiro atoms. The molecule has 5 atom stereocenters. The van der Waals surface area contributed by atoms with Gasteiger partial charge in [0.2, 0.25) is 17.7 Å². The van der Waals surface area contributed by atoms with Gasteiger partial charge < -0.3 is 25.4 Å². The molecule has 0 saturated carbocycles. The third-order valence-electron chi connectivity index (χ3n) is 6.60. The zero-order valence-electron chi connectivity index (χ0n) is 17.8. The second-order valence-corrected chi connectivity index (χ2v) is 9.92. The van der Waals surface area contributed by atoms with Crippen LogP contribution in [0.2, 0.25) is 0 Å². The first-order valence-corrected chi connectivity index (χ1v) is 11.7. The number of methoxy groups -OCH3 is 1. The molecule has 0 radical (unpaired) electrons. The number of aliphatic hydroxyl groups is 1. The Bertz CT molecular complexity index is 863. The number of hydrogen-bond acceptors (Lipinski definition) is 6. The zero-order chi connectivity index (χ0) is 22.2. The number of hydrogen-bond donors (Lipinski definition) is 3. The monoisotopic (exact) mass is 447 g/mol. The standard InChI is InChI=1S/C22H29N3O5S/c1-3-10-23-19(27)16-15-8-9-22(31-15)17(16)21(29)25(11-12-26)18(22)20(28)24-13-4-6-14(30-2)7-5-13/h4-7,15-18,26H,3,8-12H2,1-2H3,(H,23,27)(H,24,28)/t15-,16+,17+,18?,22?/m1/s1. The Kier molecular flexibility index (Phi) is 6.16. The molecule has 1 aromatic carbocycles. The van der Waals surface area contributed by atoms with E-state index in [2.05, 4.69) is 10.6 Å². The van der Waals surface area contributed by atoms with Gasteiger partial charge in [-0.15, -0.1) is 11.8 Å². The van der Waals surface area contributed by atoms with Gasteiger partial charge >= 0.3 is 0 Å². The van der Waals surface area contributed by atoms with Crippen molar-refractivity contribution in [2.24, 2.45) is 11.8 Å². The zero-order valence-corrected chi connectivity index (χ0v) is 18.6. The highest BCUT2D eigenvalue weighted by Gasteiger charge is 2.73. The van der Waals surface area contributed by atoms with Crippen LogP contribution in [-0.4, -0.2) is 70.6 Å². The predicted molar refractivity (Wildman–Crippen MR) is 118 cm³/mol. The van der Waals surface area contributed by atoms with E-state index in [9.17, 15) is 19.5 Å². The van der Waals surface area contributed by atoms with E-state index < -0.39 is 22.6 Å². The number of carbonyl (C=O) groups is 3. The second kappa shape index (κ2) is 8.70. The van der Waals surface area contributed by atoms with Crippen molar-refractivity contribution in [3.8, 4) is 5.75 Å². The number of carbonyl (C=O) groups excluding carboxylic acids is 3. The van der Waals surface area contributed by atoms with E-state index in [1.54, 1.807) is 43.1 Å². The minimum atomic E-state index is -0.724. The fourth-order valence-electron chi connectivity index (χ4n) is 5.35. The molecule has 3 amide bonds. The van der Waals surface area contributed by atoms with Gasteiger partial charge in [-0.05, 0) is 43.5 Å². The Morgan fingerprint density at radius 1 is 1.29 bits per heavy atom. The maximum atomic E-state index is 13.4. The van der Waals surface area contributed by atoms with Crippen LogP contribution in [0.15, 0.2) is 24.3 Å². The first-order valence-electron chi connectivity index (χ1n) is 10.8. The predicted octanol–water partition coefficient (Wildman–Crippen LogP) is 1.24. The summed E-state index contributed by atoms with van der Waals surface area (Å²) in [5, 5.41) is 15.5. The molecule has 3 fully saturated rings. The summed E-state index contributed by atoms with van der Waals surface area (Å²) in [5.74, 6) is -0.864. The van der Waals surface area contributed by atoms with Crippen molar-refractivity contribution in [2.75, 3.05) is 32.1 Å². The summed E-state index contributed by atoms with van der Waals surface area (Å²) in [6.45, 7) is 2.40. The molecule has 4 rings (SSSR count). The van der Waals surface area contributed by atoms with Crippen LogP contribution in [-0.2, 0) is 14.4 Å². The van der Waals surface area contributed by atoms with Crippen LogP contribution in [0.4, 0.5) is 5.69 Å². The van der Waals surface area contributed by atoms with Gasteiger partial charge in [0, 0.05) is 24.0 Å². The van der Waals surface area contributed by atoms with E-state index in [1.807, 2.05) is 6.92 Å². The van der Waals surface area contributed by atoms with Crippen LogP contribution in [0.1, 0.15) is 26.2 Å². The van der Waals surface area contributed by atoms with Crippen molar-refractivity contribution in [1.82, 2.24) is 10.2 Å². The number of thioether (sulfide) groups is 1. The highest BCUT2D eigenvalue weighted by Crippen LogP contribution is 2.66. The van der Waals surface area contributed by atoms with E-state index in [-0.39, 0.29) is 36.1 Å². The molecule has 3 saturated heterocycles. The smallest absolute Gasteiger partial charge is 0.248 e. The summed E-state index contributed by atoms with van der Waals surface area (Å²) < 4.78 is 4.52. The molecule has 3 aliphatic heterocycles. The highest BCUT2D eigenvalue weighted by atomic mass is 32.2. The molecule has 0 aromatic heterocycles. The molecular formula is C22H29N3O5S. The number of likely N-dealkylation sites (tertiary alicyclic amines) is 1. The number of nitrogens with one attached hydrogen (secondary N) is 2. The summed E-state index contributed by atoms with van der Waals surface area (Å²) in [6, 6.07) is 6.29. The van der Waals surface area contributed by atoms with E-state index in [4.69, 9.17) is 4.74 Å². The summed E-state index contributed by atoms with van der Waals surface area (Å²) in [5.41, 5.74) is 0.608. The topological polar surface area (TPSA) is 108 Å². The maximum Gasteiger partial charge on any atom is 0.248 e. The lowest BCUT2D eigenvalue weighted by Gasteiger charge is -2.34. The van der Waals surface area contributed by atoms with Gasteiger partial charge in [0.05, 0.1) is 30.3 Å². The molecule has 31 heavy (non-hydrogen) atoms. The molecule has 0 aliphatic carbocycles. The van der Waals surface area contributed by atoms with Crippen LogP contribution in [0.3, 0.4) is 0 Å². The lowest BCUT2D eigenvalue weighted by Crippen LogP contribution is -2.52. The Hall–Kier alpha value is -2.26. The number of rotatable bonds is 8. The fraction of sp³-hybridized carbons (Fsp3) is 0.591. The van der Waals surface area contributed by atoms with Crippen molar-refractivity contribution in [3.63, 3.8) is 0 Å². The third-order valence-corrected chi connectivity index (χ3v) is 8.55. The van der Waals surface area contributed by atoms with Gasteiger partial charge in [-0.25, -0.2) is 0 Å². The maximum absolute atomic E-state index is 13.4. The van der Waals surface area contributed by atoms with E-state index in [0.717, 1.165) is 12.8 Å². The first kappa shape index (κ1) is 22.0. The van der Waals surface area contributed by atoms with Crippen LogP contribution in [0.25, 0.3) is 0 Å². The molecule has 168 valence electrons. The Balaban J connectivity index is 1.62. The van der Waals surface area contributed by atoms with Gasteiger partial charge in [-0.3, -0.25) is 14.4 Å². The van der Waals surface area contributed by atoms with E-state index in [1.165, 1.54) is 4.90 Å². The highest BCUT2D eigenvalue weighted by molar-refractivity contribution is 8.02. The molecule has 3 aliphatic rings. The molecule has 8 nitrogen and oxygen atoms in total. The van der Waals surface area contributed by atoms with E-state index in [0.29, 0.717) is 24.4 Å². The quantitative estimate of drug-likeness (QED) is 0.554. The molecule has 1 aromatic rings. The lowest BCUT2D eigenvalue weighted by atomic mass is 9.70. The number of aliphatic hydroxyl groups excluding tert-OH is 1. The van der Waals surface area contributed by atoms with Crippen molar-refractivity contribution in [1.29, 1.82) is 0 Å². The number of fused-ring (bicyclic) bond motifs is 1. The van der Waals surface area contributed by atoms with Crippen LogP contribution in [0.5, 0.6) is 5.75 Å². The number of benzene rings is 1. The molecule has 2 bridgehead atoms. The third kappa shape index (κ3) is 3.57. The van der Waals surface area contributed by atoms with Gasteiger partial charge in [0.15, 0.2) is 0 Å². The minimum absolute atomic E-state index is 0.0402. The fourth-order valence-corrected chi connectivity index (χ4v) is 7.57. The van der Waals surface area contributed by atoms with Crippen molar-refractivity contribution in [3.05, 3.63) is 24.3 Å². The number of amides is 3. The lowest BCUT2D eigenvalue weighted by molar-refractivity contribution is -0.139. The van der Waals surface area contributed by atoms with Gasteiger partial charge in [0.25, 0.3) is 0 Å². The second-order valence-electron chi connectivity index (χ2n) is 8.32.